The summed E-state index contributed by atoms with van der Waals surface area (Å²) in [5.74, 6) is 1.83. The highest BCUT2D eigenvalue weighted by Gasteiger charge is 2.33. The van der Waals surface area contributed by atoms with Gasteiger partial charge in [-0.05, 0) is 69.6 Å². The number of fused-ring (bicyclic) bond motifs is 1. The molecule has 0 aromatic heterocycles. The summed E-state index contributed by atoms with van der Waals surface area (Å²) in [6.07, 6.45) is 4.08. The lowest BCUT2D eigenvalue weighted by Gasteiger charge is -2.46. The zero-order valence-corrected chi connectivity index (χ0v) is 14.4. The summed E-state index contributed by atoms with van der Waals surface area (Å²) >= 11 is 3.45. The van der Waals surface area contributed by atoms with Gasteiger partial charge in [-0.1, -0.05) is 15.9 Å². The summed E-state index contributed by atoms with van der Waals surface area (Å²) < 4.78 is 6.94. The zero-order chi connectivity index (χ0) is 14.7. The van der Waals surface area contributed by atoms with Crippen LogP contribution in [0.2, 0.25) is 0 Å². The average Bonchev–Trinajstić information content (AvgIpc) is 2.49. The van der Waals surface area contributed by atoms with Crippen LogP contribution < -0.4 is 4.74 Å². The molecule has 0 N–H and O–H groups in total. The Morgan fingerprint density at radius 3 is 2.81 bits per heavy atom. The molecule has 0 bridgehead atoms. The molecule has 1 aromatic carbocycles. The number of hydrogen-bond donors (Lipinski definition) is 0. The average molecular weight is 353 g/mol. The molecule has 2 saturated heterocycles. The highest BCUT2D eigenvalue weighted by atomic mass is 79.9. The van der Waals surface area contributed by atoms with Gasteiger partial charge in [0.2, 0.25) is 0 Å². The highest BCUT2D eigenvalue weighted by molar-refractivity contribution is 9.10. The second-order valence-corrected chi connectivity index (χ2v) is 7.26. The molecule has 2 heterocycles. The molecule has 3 rings (SSSR count). The third kappa shape index (κ3) is 3.99. The van der Waals surface area contributed by atoms with Gasteiger partial charge < -0.3 is 9.64 Å². The Hall–Kier alpha value is -0.580. The first-order chi connectivity index (χ1) is 10.2. The largest absolute Gasteiger partial charge is 0.492 e. The van der Waals surface area contributed by atoms with E-state index in [1.165, 1.54) is 38.9 Å². The maximum atomic E-state index is 5.85. The van der Waals surface area contributed by atoms with Crippen molar-refractivity contribution >= 4 is 15.9 Å². The second-order valence-electron chi connectivity index (χ2n) is 6.34. The van der Waals surface area contributed by atoms with Gasteiger partial charge in [-0.3, -0.25) is 4.90 Å². The SMILES string of the molecule is CN1CCCC2CN(CCOc3ccc(Br)cc3)CCC21. The number of piperidine rings is 2. The van der Waals surface area contributed by atoms with Gasteiger partial charge >= 0.3 is 0 Å². The second kappa shape index (κ2) is 7.12. The van der Waals surface area contributed by atoms with Crippen LogP contribution in [0.3, 0.4) is 0 Å². The van der Waals surface area contributed by atoms with Crippen LogP contribution in [0.25, 0.3) is 0 Å². The number of halogens is 1. The normalized spacial score (nSPS) is 27.3. The summed E-state index contributed by atoms with van der Waals surface area (Å²) in [7, 11) is 2.29. The molecule has 116 valence electrons. The molecule has 1 aromatic rings. The van der Waals surface area contributed by atoms with Gasteiger partial charge in [-0.25, -0.2) is 0 Å². The predicted octanol–water partition coefficient (Wildman–Crippen LogP) is 3.24. The predicted molar refractivity (Wildman–Crippen MR) is 89.8 cm³/mol. The van der Waals surface area contributed by atoms with Crippen molar-refractivity contribution in [2.45, 2.75) is 25.3 Å². The van der Waals surface area contributed by atoms with E-state index in [0.717, 1.165) is 35.3 Å². The van der Waals surface area contributed by atoms with Crippen molar-refractivity contribution < 1.29 is 4.74 Å². The van der Waals surface area contributed by atoms with Gasteiger partial charge in [-0.15, -0.1) is 0 Å². The molecule has 2 atom stereocenters. The lowest BCUT2D eigenvalue weighted by molar-refractivity contribution is 0.0337. The Bertz CT molecular complexity index is 451. The minimum absolute atomic E-state index is 0.787. The van der Waals surface area contributed by atoms with Crippen molar-refractivity contribution in [2.75, 3.05) is 39.8 Å². The van der Waals surface area contributed by atoms with Crippen LogP contribution in [0.5, 0.6) is 5.75 Å². The van der Waals surface area contributed by atoms with E-state index < -0.39 is 0 Å². The topological polar surface area (TPSA) is 15.7 Å². The van der Waals surface area contributed by atoms with Crippen molar-refractivity contribution in [3.05, 3.63) is 28.7 Å². The van der Waals surface area contributed by atoms with Crippen molar-refractivity contribution in [2.24, 2.45) is 5.92 Å². The molecule has 0 amide bonds. The molecular formula is C17H25BrN2O. The van der Waals surface area contributed by atoms with Crippen molar-refractivity contribution in [1.82, 2.24) is 9.80 Å². The Morgan fingerprint density at radius 1 is 1.19 bits per heavy atom. The molecule has 21 heavy (non-hydrogen) atoms. The standard InChI is InChI=1S/C17H25BrN2O/c1-19-9-2-3-14-13-20(10-8-17(14)19)11-12-21-16-6-4-15(18)5-7-16/h4-7,14,17H,2-3,8-13H2,1H3. The van der Waals surface area contributed by atoms with Gasteiger partial charge in [-0.2, -0.15) is 0 Å². The van der Waals surface area contributed by atoms with Gasteiger partial charge in [0.1, 0.15) is 12.4 Å². The van der Waals surface area contributed by atoms with Crippen molar-refractivity contribution in [3.63, 3.8) is 0 Å². The molecule has 4 heteroatoms. The van der Waals surface area contributed by atoms with Crippen LogP contribution in [0.15, 0.2) is 28.7 Å². The van der Waals surface area contributed by atoms with Gasteiger partial charge in [0.25, 0.3) is 0 Å². The summed E-state index contributed by atoms with van der Waals surface area (Å²) in [6, 6.07) is 8.92. The number of ether oxygens (including phenoxy) is 1. The first-order valence-electron chi connectivity index (χ1n) is 8.03. The van der Waals surface area contributed by atoms with E-state index in [1.807, 2.05) is 24.3 Å². The van der Waals surface area contributed by atoms with Crippen LogP contribution in [0.4, 0.5) is 0 Å². The van der Waals surface area contributed by atoms with E-state index in [1.54, 1.807) is 0 Å². The molecule has 0 aliphatic carbocycles. The fourth-order valence-electron chi connectivity index (χ4n) is 3.75. The van der Waals surface area contributed by atoms with Crippen LogP contribution in [0, 0.1) is 5.92 Å². The minimum atomic E-state index is 0.787. The number of nitrogens with zero attached hydrogens (tertiary/aromatic N) is 2. The maximum absolute atomic E-state index is 5.85. The first-order valence-corrected chi connectivity index (χ1v) is 8.82. The Kier molecular flexibility index (Phi) is 5.19. The summed E-state index contributed by atoms with van der Waals surface area (Å²) in [5, 5.41) is 0. The third-order valence-corrected chi connectivity index (χ3v) is 5.45. The summed E-state index contributed by atoms with van der Waals surface area (Å²) in [4.78, 5) is 5.16. The molecule has 0 spiro atoms. The van der Waals surface area contributed by atoms with E-state index in [4.69, 9.17) is 4.74 Å². The number of likely N-dealkylation sites (tertiary alicyclic amines) is 2. The third-order valence-electron chi connectivity index (χ3n) is 4.92. The fraction of sp³-hybridized carbons (Fsp3) is 0.647. The molecule has 2 aliphatic rings. The van der Waals surface area contributed by atoms with E-state index in [-0.39, 0.29) is 0 Å². The first kappa shape index (κ1) is 15.3. The zero-order valence-electron chi connectivity index (χ0n) is 12.8. The summed E-state index contributed by atoms with van der Waals surface area (Å²) in [5.41, 5.74) is 0. The van der Waals surface area contributed by atoms with Gasteiger partial charge in [0.05, 0.1) is 0 Å². The van der Waals surface area contributed by atoms with Crippen LogP contribution in [0.1, 0.15) is 19.3 Å². The lowest BCUT2D eigenvalue weighted by Crippen LogP contribution is -2.53. The monoisotopic (exact) mass is 352 g/mol. The van der Waals surface area contributed by atoms with E-state index >= 15 is 0 Å². The number of benzene rings is 1. The van der Waals surface area contributed by atoms with Crippen molar-refractivity contribution in [3.8, 4) is 5.75 Å². The summed E-state index contributed by atoms with van der Waals surface area (Å²) in [6.45, 7) is 5.58. The van der Waals surface area contributed by atoms with E-state index in [2.05, 4.69) is 32.8 Å². The van der Waals surface area contributed by atoms with Gasteiger partial charge in [0.15, 0.2) is 0 Å². The molecule has 0 radical (unpaired) electrons. The minimum Gasteiger partial charge on any atom is -0.492 e. The van der Waals surface area contributed by atoms with Crippen LogP contribution >= 0.6 is 15.9 Å². The Balaban J connectivity index is 1.43. The molecule has 2 unspecified atom stereocenters. The lowest BCUT2D eigenvalue weighted by atomic mass is 9.84. The van der Waals surface area contributed by atoms with Crippen molar-refractivity contribution in [1.29, 1.82) is 0 Å². The molecule has 3 nitrogen and oxygen atoms in total. The highest BCUT2D eigenvalue weighted by Crippen LogP contribution is 2.29. The molecule has 2 fully saturated rings. The Labute approximate surface area is 136 Å². The quantitative estimate of drug-likeness (QED) is 0.827. The van der Waals surface area contributed by atoms with E-state index in [0.29, 0.717) is 0 Å². The molecule has 0 saturated carbocycles. The van der Waals surface area contributed by atoms with Crippen LogP contribution in [-0.4, -0.2) is 55.7 Å². The van der Waals surface area contributed by atoms with Crippen LogP contribution in [-0.2, 0) is 0 Å². The maximum Gasteiger partial charge on any atom is 0.119 e. The van der Waals surface area contributed by atoms with E-state index in [9.17, 15) is 0 Å². The molecular weight excluding hydrogens is 328 g/mol. The van der Waals surface area contributed by atoms with Gasteiger partial charge in [0, 0.05) is 23.6 Å². The fourth-order valence-corrected chi connectivity index (χ4v) is 4.02. The molecule has 2 aliphatic heterocycles. The smallest absolute Gasteiger partial charge is 0.119 e. The number of hydrogen-bond acceptors (Lipinski definition) is 3. The number of rotatable bonds is 4. The Morgan fingerprint density at radius 2 is 2.00 bits per heavy atom.